The number of carboxylic acids is 1. The van der Waals surface area contributed by atoms with Crippen LogP contribution in [0.15, 0.2) is 52.9 Å². The quantitative estimate of drug-likeness (QED) is 0.363. The second-order valence-electron chi connectivity index (χ2n) is 7.49. The molecule has 10 nitrogen and oxygen atoms in total. The predicted molar refractivity (Wildman–Crippen MR) is 130 cm³/mol. The minimum Gasteiger partial charge on any atom is -0.493 e. The van der Waals surface area contributed by atoms with E-state index in [9.17, 15) is 19.5 Å². The third kappa shape index (κ3) is 4.99. The molecule has 35 heavy (non-hydrogen) atoms. The SMILES string of the molecule is COc1ccc(CCNC(=O)Cn2c(-c3ccncc3)nc3scc(C(=O)O)c3c2=O)cc1OC. The summed E-state index contributed by atoms with van der Waals surface area (Å²) in [4.78, 5) is 46.5. The molecule has 0 aliphatic rings. The van der Waals surface area contributed by atoms with Gasteiger partial charge in [0.25, 0.3) is 5.56 Å². The van der Waals surface area contributed by atoms with Crippen LogP contribution in [0.1, 0.15) is 15.9 Å². The van der Waals surface area contributed by atoms with Gasteiger partial charge in [0.15, 0.2) is 11.5 Å². The van der Waals surface area contributed by atoms with Gasteiger partial charge >= 0.3 is 5.97 Å². The summed E-state index contributed by atoms with van der Waals surface area (Å²) in [6.45, 7) is 0.00241. The Morgan fingerprint density at radius 2 is 1.86 bits per heavy atom. The average molecular weight is 495 g/mol. The number of pyridine rings is 1. The van der Waals surface area contributed by atoms with Gasteiger partial charge in [-0.05, 0) is 36.2 Å². The van der Waals surface area contributed by atoms with E-state index in [1.54, 1.807) is 44.8 Å². The van der Waals surface area contributed by atoms with Crippen molar-refractivity contribution >= 4 is 33.4 Å². The number of carbonyl (C=O) groups is 2. The Balaban J connectivity index is 1.58. The van der Waals surface area contributed by atoms with Crippen molar-refractivity contribution in [3.05, 3.63) is 69.6 Å². The van der Waals surface area contributed by atoms with Crippen molar-refractivity contribution < 1.29 is 24.2 Å². The molecular weight excluding hydrogens is 472 g/mol. The van der Waals surface area contributed by atoms with Gasteiger partial charge in [-0.1, -0.05) is 6.07 Å². The Kier molecular flexibility index (Phi) is 7.06. The molecule has 0 spiro atoms. The number of amides is 1. The number of carboxylic acid groups (broad SMARTS) is 1. The van der Waals surface area contributed by atoms with E-state index in [1.807, 2.05) is 12.1 Å². The van der Waals surface area contributed by atoms with Crippen LogP contribution in [0.4, 0.5) is 0 Å². The normalized spacial score (nSPS) is 10.8. The summed E-state index contributed by atoms with van der Waals surface area (Å²) in [5.41, 5.74) is 0.800. The summed E-state index contributed by atoms with van der Waals surface area (Å²) >= 11 is 1.07. The van der Waals surface area contributed by atoms with Crippen molar-refractivity contribution in [2.75, 3.05) is 20.8 Å². The zero-order chi connectivity index (χ0) is 24.9. The molecule has 11 heteroatoms. The van der Waals surface area contributed by atoms with Crippen molar-refractivity contribution in [2.24, 2.45) is 0 Å². The van der Waals surface area contributed by atoms with Crippen LogP contribution in [0, 0.1) is 0 Å². The van der Waals surface area contributed by atoms with Crippen LogP contribution in [-0.2, 0) is 17.8 Å². The molecule has 1 amide bonds. The second-order valence-corrected chi connectivity index (χ2v) is 8.34. The number of thiophene rings is 1. The molecule has 0 aliphatic heterocycles. The van der Waals surface area contributed by atoms with Crippen molar-refractivity contribution in [2.45, 2.75) is 13.0 Å². The smallest absolute Gasteiger partial charge is 0.337 e. The third-order valence-corrected chi connectivity index (χ3v) is 6.22. The van der Waals surface area contributed by atoms with Crippen LogP contribution in [0.2, 0.25) is 0 Å². The zero-order valence-corrected chi connectivity index (χ0v) is 19.8. The van der Waals surface area contributed by atoms with E-state index in [0.29, 0.717) is 34.9 Å². The van der Waals surface area contributed by atoms with E-state index in [-0.39, 0.29) is 23.3 Å². The number of rotatable bonds is 9. The number of carbonyl (C=O) groups excluding carboxylic acids is 1. The van der Waals surface area contributed by atoms with Gasteiger partial charge in [0.2, 0.25) is 5.91 Å². The van der Waals surface area contributed by atoms with Crippen LogP contribution in [-0.4, -0.2) is 52.3 Å². The van der Waals surface area contributed by atoms with Gasteiger partial charge in [-0.15, -0.1) is 11.3 Å². The molecule has 4 aromatic rings. The standard InChI is InChI=1S/C24H22N4O6S/c1-33-17-4-3-14(11-18(17)34-2)5-10-26-19(29)12-28-21(15-6-8-25-9-7-15)27-22-20(23(28)30)16(13-35-22)24(31)32/h3-4,6-9,11,13H,5,10,12H2,1-2H3,(H,26,29)(H,31,32). The molecule has 0 unspecified atom stereocenters. The maximum absolute atomic E-state index is 13.3. The second kappa shape index (κ2) is 10.3. The van der Waals surface area contributed by atoms with E-state index in [0.717, 1.165) is 16.9 Å². The van der Waals surface area contributed by atoms with Gasteiger partial charge < -0.3 is 19.9 Å². The Bertz CT molecular complexity index is 1450. The number of nitrogens with one attached hydrogen (secondary N) is 1. The Morgan fingerprint density at radius 3 is 2.54 bits per heavy atom. The predicted octanol–water partition coefficient (Wildman–Crippen LogP) is 2.59. The molecule has 0 saturated heterocycles. The molecule has 180 valence electrons. The van der Waals surface area contributed by atoms with Gasteiger partial charge in [-0.25, -0.2) is 9.78 Å². The van der Waals surface area contributed by atoms with Gasteiger partial charge in [-0.3, -0.25) is 19.1 Å². The maximum Gasteiger partial charge on any atom is 0.337 e. The highest BCUT2D eigenvalue weighted by molar-refractivity contribution is 7.17. The first-order valence-corrected chi connectivity index (χ1v) is 11.4. The minimum atomic E-state index is -1.22. The monoisotopic (exact) mass is 494 g/mol. The molecule has 1 aromatic carbocycles. The number of aromatic nitrogens is 3. The van der Waals surface area contributed by atoms with E-state index in [1.165, 1.54) is 9.95 Å². The van der Waals surface area contributed by atoms with E-state index in [4.69, 9.17) is 9.47 Å². The fourth-order valence-corrected chi connectivity index (χ4v) is 4.53. The number of fused-ring (bicyclic) bond motifs is 1. The third-order valence-electron chi connectivity index (χ3n) is 5.35. The molecule has 0 aliphatic carbocycles. The first kappa shape index (κ1) is 23.9. The summed E-state index contributed by atoms with van der Waals surface area (Å²) in [6.07, 6.45) is 3.63. The lowest BCUT2D eigenvalue weighted by Gasteiger charge is -2.13. The molecule has 0 fully saturated rings. The lowest BCUT2D eigenvalue weighted by Crippen LogP contribution is -2.34. The molecule has 3 heterocycles. The number of ether oxygens (including phenoxy) is 2. The number of aromatic carboxylic acids is 1. The van der Waals surface area contributed by atoms with Crippen LogP contribution >= 0.6 is 11.3 Å². The molecule has 3 aromatic heterocycles. The molecule has 2 N–H and O–H groups in total. The molecule has 4 rings (SSSR count). The summed E-state index contributed by atoms with van der Waals surface area (Å²) in [5, 5.41) is 13.6. The van der Waals surface area contributed by atoms with Crippen LogP contribution in [0.25, 0.3) is 21.6 Å². The zero-order valence-electron chi connectivity index (χ0n) is 19.0. The summed E-state index contributed by atoms with van der Waals surface area (Å²) in [5.74, 6) is -0.165. The Labute approximate surface area is 203 Å². The summed E-state index contributed by atoms with van der Waals surface area (Å²) in [7, 11) is 3.11. The van der Waals surface area contributed by atoms with Gasteiger partial charge in [-0.2, -0.15) is 0 Å². The number of hydrogen-bond acceptors (Lipinski definition) is 8. The lowest BCUT2D eigenvalue weighted by molar-refractivity contribution is -0.121. The van der Waals surface area contributed by atoms with Crippen LogP contribution in [0.3, 0.4) is 0 Å². The Morgan fingerprint density at radius 1 is 1.11 bits per heavy atom. The highest BCUT2D eigenvalue weighted by Gasteiger charge is 2.21. The van der Waals surface area contributed by atoms with Crippen molar-refractivity contribution in [3.8, 4) is 22.9 Å². The topological polar surface area (TPSA) is 133 Å². The first-order chi connectivity index (χ1) is 16.9. The number of methoxy groups -OCH3 is 2. The fraction of sp³-hybridized carbons (Fsp3) is 0.208. The molecule has 0 saturated carbocycles. The van der Waals surface area contributed by atoms with Gasteiger partial charge in [0, 0.05) is 29.9 Å². The molecule has 0 bridgehead atoms. The van der Waals surface area contributed by atoms with Gasteiger partial charge in [0.05, 0.1) is 25.2 Å². The highest BCUT2D eigenvalue weighted by Crippen LogP contribution is 2.28. The summed E-state index contributed by atoms with van der Waals surface area (Å²) in [6, 6.07) is 8.84. The molecular formula is C24H22N4O6S. The van der Waals surface area contributed by atoms with Crippen LogP contribution in [0.5, 0.6) is 11.5 Å². The van der Waals surface area contributed by atoms with Crippen molar-refractivity contribution in [1.29, 1.82) is 0 Å². The number of benzene rings is 1. The first-order valence-electron chi connectivity index (χ1n) is 10.6. The fourth-order valence-electron chi connectivity index (χ4n) is 3.63. The molecule has 0 radical (unpaired) electrons. The van der Waals surface area contributed by atoms with E-state index < -0.39 is 17.4 Å². The maximum atomic E-state index is 13.3. The molecule has 0 atom stereocenters. The lowest BCUT2D eigenvalue weighted by atomic mass is 10.1. The van der Waals surface area contributed by atoms with E-state index >= 15 is 0 Å². The highest BCUT2D eigenvalue weighted by atomic mass is 32.1. The van der Waals surface area contributed by atoms with Gasteiger partial charge in [0.1, 0.15) is 17.2 Å². The Hall–Kier alpha value is -4.25. The summed E-state index contributed by atoms with van der Waals surface area (Å²) < 4.78 is 11.7. The minimum absolute atomic E-state index is 0.0153. The van der Waals surface area contributed by atoms with E-state index in [2.05, 4.69) is 15.3 Å². The average Bonchev–Trinajstić information content (AvgIpc) is 3.31. The van der Waals surface area contributed by atoms with Crippen molar-refractivity contribution in [1.82, 2.24) is 19.9 Å². The van der Waals surface area contributed by atoms with Crippen molar-refractivity contribution in [3.63, 3.8) is 0 Å². The van der Waals surface area contributed by atoms with Crippen LogP contribution < -0.4 is 20.3 Å². The number of nitrogens with zero attached hydrogens (tertiary/aromatic N) is 3. The largest absolute Gasteiger partial charge is 0.493 e. The number of hydrogen-bond donors (Lipinski definition) is 2.